The molecule has 0 saturated carbocycles. The van der Waals surface area contributed by atoms with Crippen LogP contribution in [0.1, 0.15) is 47.1 Å². The molecular weight excluding hydrogens is 358 g/mol. The molecular formula is C22H25NO5. The van der Waals surface area contributed by atoms with E-state index < -0.39 is 12.1 Å². The Bertz CT molecular complexity index is 842. The molecule has 6 heteroatoms. The maximum Gasteiger partial charge on any atom is 0.338 e. The highest BCUT2D eigenvalue weighted by Gasteiger charge is 2.20. The van der Waals surface area contributed by atoms with Gasteiger partial charge >= 0.3 is 5.97 Å². The summed E-state index contributed by atoms with van der Waals surface area (Å²) < 4.78 is 10.4. The van der Waals surface area contributed by atoms with Crippen molar-refractivity contribution in [3.8, 4) is 0 Å². The topological polar surface area (TPSA) is 81.7 Å². The predicted molar refractivity (Wildman–Crippen MR) is 106 cm³/mol. The molecule has 1 atom stereocenters. The fourth-order valence-electron chi connectivity index (χ4n) is 2.48. The van der Waals surface area contributed by atoms with E-state index in [0.29, 0.717) is 23.4 Å². The van der Waals surface area contributed by atoms with E-state index in [1.54, 1.807) is 63.4 Å². The Labute approximate surface area is 164 Å². The van der Waals surface area contributed by atoms with Crippen molar-refractivity contribution in [2.24, 2.45) is 5.92 Å². The number of methoxy groups -OCH3 is 1. The van der Waals surface area contributed by atoms with E-state index in [4.69, 9.17) is 9.47 Å². The first kappa shape index (κ1) is 21.3. The lowest BCUT2D eigenvalue weighted by Gasteiger charge is -2.13. The van der Waals surface area contributed by atoms with Crippen molar-refractivity contribution in [3.63, 3.8) is 0 Å². The summed E-state index contributed by atoms with van der Waals surface area (Å²) in [5.41, 5.74) is 2.21. The van der Waals surface area contributed by atoms with Gasteiger partial charge in [-0.25, -0.2) is 4.79 Å². The molecule has 1 N–H and O–H groups in total. The van der Waals surface area contributed by atoms with Gasteiger partial charge in [-0.1, -0.05) is 26.0 Å². The van der Waals surface area contributed by atoms with E-state index in [9.17, 15) is 14.4 Å². The number of amides is 1. The van der Waals surface area contributed by atoms with Crippen molar-refractivity contribution in [1.82, 2.24) is 0 Å². The van der Waals surface area contributed by atoms with Crippen LogP contribution in [0.3, 0.4) is 0 Å². The van der Waals surface area contributed by atoms with Crippen LogP contribution in [0.15, 0.2) is 48.5 Å². The Morgan fingerprint density at radius 3 is 2.25 bits per heavy atom. The summed E-state index contributed by atoms with van der Waals surface area (Å²) in [6, 6.07) is 13.4. The van der Waals surface area contributed by atoms with Crippen molar-refractivity contribution >= 4 is 23.3 Å². The van der Waals surface area contributed by atoms with Crippen LogP contribution in [-0.4, -0.2) is 30.9 Å². The third kappa shape index (κ3) is 5.76. The molecule has 1 amide bonds. The summed E-state index contributed by atoms with van der Waals surface area (Å²) in [4.78, 5) is 36.6. The molecule has 0 heterocycles. The van der Waals surface area contributed by atoms with Crippen LogP contribution in [0, 0.1) is 5.92 Å². The van der Waals surface area contributed by atoms with E-state index >= 15 is 0 Å². The minimum absolute atomic E-state index is 0.0999. The number of Topliss-reactive ketones (excluding diaryl/α,β-unsaturated/α-hetero) is 1. The second-order valence-electron chi connectivity index (χ2n) is 6.77. The number of carbonyl (C=O) groups is 3. The van der Waals surface area contributed by atoms with E-state index in [0.717, 1.165) is 5.56 Å². The molecule has 0 aliphatic carbocycles. The zero-order valence-electron chi connectivity index (χ0n) is 16.5. The molecule has 0 spiro atoms. The maximum absolute atomic E-state index is 12.5. The number of anilines is 1. The smallest absolute Gasteiger partial charge is 0.338 e. The van der Waals surface area contributed by atoms with E-state index in [2.05, 4.69) is 5.32 Å². The molecule has 0 fully saturated rings. The summed E-state index contributed by atoms with van der Waals surface area (Å²) in [5.74, 6) is -1.12. The van der Waals surface area contributed by atoms with Gasteiger partial charge in [-0.15, -0.1) is 0 Å². The summed E-state index contributed by atoms with van der Waals surface area (Å²) in [7, 11) is 1.57. The van der Waals surface area contributed by atoms with Gasteiger partial charge in [-0.2, -0.15) is 0 Å². The van der Waals surface area contributed by atoms with Crippen LogP contribution in [0.4, 0.5) is 5.69 Å². The average Bonchev–Trinajstić information content (AvgIpc) is 2.68. The Balaban J connectivity index is 2.01. The zero-order chi connectivity index (χ0) is 20.7. The molecule has 148 valence electrons. The van der Waals surface area contributed by atoms with Crippen molar-refractivity contribution in [3.05, 3.63) is 65.2 Å². The lowest BCUT2D eigenvalue weighted by atomic mass is 10.1. The Hall–Kier alpha value is -2.99. The first-order chi connectivity index (χ1) is 13.3. The molecule has 2 rings (SSSR count). The monoisotopic (exact) mass is 383 g/mol. The molecule has 2 aromatic carbocycles. The highest BCUT2D eigenvalue weighted by molar-refractivity contribution is 6.02. The molecule has 0 unspecified atom stereocenters. The quantitative estimate of drug-likeness (QED) is 0.553. The zero-order valence-corrected chi connectivity index (χ0v) is 16.5. The van der Waals surface area contributed by atoms with E-state index in [-0.39, 0.29) is 17.6 Å². The Morgan fingerprint density at radius 2 is 1.64 bits per heavy atom. The highest BCUT2D eigenvalue weighted by atomic mass is 16.5. The van der Waals surface area contributed by atoms with Crippen LogP contribution in [0.5, 0.6) is 0 Å². The van der Waals surface area contributed by atoms with Crippen LogP contribution in [0.25, 0.3) is 0 Å². The lowest BCUT2D eigenvalue weighted by Crippen LogP contribution is -2.24. The number of ether oxygens (including phenoxy) is 2. The summed E-state index contributed by atoms with van der Waals surface area (Å²) in [5, 5.41) is 2.76. The number of nitrogens with one attached hydrogen (secondary N) is 1. The van der Waals surface area contributed by atoms with Gasteiger partial charge in [0.15, 0.2) is 6.10 Å². The average molecular weight is 383 g/mol. The highest BCUT2D eigenvalue weighted by Crippen LogP contribution is 2.15. The summed E-state index contributed by atoms with van der Waals surface area (Å²) >= 11 is 0. The molecule has 0 aliphatic rings. The third-order valence-corrected chi connectivity index (χ3v) is 4.09. The van der Waals surface area contributed by atoms with Crippen LogP contribution in [0.2, 0.25) is 0 Å². The lowest BCUT2D eigenvalue weighted by molar-refractivity contribution is -0.118. The molecule has 0 bridgehead atoms. The summed E-state index contributed by atoms with van der Waals surface area (Å²) in [6.45, 7) is 5.52. The first-order valence-corrected chi connectivity index (χ1v) is 9.05. The molecule has 2 aromatic rings. The van der Waals surface area contributed by atoms with Gasteiger partial charge in [-0.05, 0) is 48.9 Å². The normalized spacial score (nSPS) is 11.8. The number of carbonyl (C=O) groups excluding carboxylic acids is 3. The number of esters is 1. The molecule has 0 aliphatic heterocycles. The van der Waals surface area contributed by atoms with Crippen molar-refractivity contribution in [1.29, 1.82) is 0 Å². The van der Waals surface area contributed by atoms with Crippen molar-refractivity contribution < 1.29 is 23.9 Å². The van der Waals surface area contributed by atoms with Gasteiger partial charge in [0.1, 0.15) is 0 Å². The predicted octanol–water partition coefficient (Wildman–Crippen LogP) is 3.86. The standard InChI is InChI=1S/C22H25NO5/c1-14(2)21(25)23-19-10-8-17(9-11-19)20(24)15(3)28-22(26)18-7-5-6-16(12-18)13-27-4/h5-12,14-15H,13H2,1-4H3,(H,23,25)/t15-/m0/s1. The van der Waals surface area contributed by atoms with Crippen LogP contribution < -0.4 is 5.32 Å². The van der Waals surface area contributed by atoms with Crippen molar-refractivity contribution in [2.45, 2.75) is 33.5 Å². The first-order valence-electron chi connectivity index (χ1n) is 9.05. The second kappa shape index (κ2) is 9.80. The van der Waals surface area contributed by atoms with Crippen LogP contribution in [-0.2, 0) is 20.9 Å². The third-order valence-electron chi connectivity index (χ3n) is 4.09. The molecule has 28 heavy (non-hydrogen) atoms. The fraction of sp³-hybridized carbons (Fsp3) is 0.318. The van der Waals surface area contributed by atoms with Gasteiger partial charge in [0.25, 0.3) is 0 Å². The Kier molecular flexibility index (Phi) is 7.46. The minimum atomic E-state index is -0.935. The fourth-order valence-corrected chi connectivity index (χ4v) is 2.48. The molecule has 0 saturated heterocycles. The SMILES string of the molecule is COCc1cccc(C(=O)O[C@@H](C)C(=O)c2ccc(NC(=O)C(C)C)cc2)c1. The van der Waals surface area contributed by atoms with Gasteiger partial charge in [0.05, 0.1) is 12.2 Å². The Morgan fingerprint density at radius 1 is 0.964 bits per heavy atom. The van der Waals surface area contributed by atoms with Gasteiger partial charge in [0, 0.05) is 24.3 Å². The number of benzene rings is 2. The van der Waals surface area contributed by atoms with Gasteiger partial charge in [0.2, 0.25) is 11.7 Å². The molecule has 0 aromatic heterocycles. The largest absolute Gasteiger partial charge is 0.451 e. The van der Waals surface area contributed by atoms with E-state index in [1.807, 2.05) is 6.07 Å². The molecule has 0 radical (unpaired) electrons. The second-order valence-corrected chi connectivity index (χ2v) is 6.77. The van der Waals surface area contributed by atoms with Crippen molar-refractivity contribution in [2.75, 3.05) is 12.4 Å². The number of rotatable bonds is 8. The van der Waals surface area contributed by atoms with Gasteiger partial charge < -0.3 is 14.8 Å². The van der Waals surface area contributed by atoms with E-state index in [1.165, 1.54) is 6.92 Å². The minimum Gasteiger partial charge on any atom is -0.451 e. The number of ketones is 1. The maximum atomic E-state index is 12.5. The number of hydrogen-bond acceptors (Lipinski definition) is 5. The van der Waals surface area contributed by atoms with Gasteiger partial charge in [-0.3, -0.25) is 9.59 Å². The summed E-state index contributed by atoms with van der Waals surface area (Å²) in [6.07, 6.45) is -0.935. The van der Waals surface area contributed by atoms with Crippen LogP contribution >= 0.6 is 0 Å². The molecule has 6 nitrogen and oxygen atoms in total. The number of hydrogen-bond donors (Lipinski definition) is 1.